The molecular formula is C22H21FN2O4. The van der Waals surface area contributed by atoms with Crippen molar-refractivity contribution in [1.29, 1.82) is 0 Å². The minimum absolute atomic E-state index is 0.136. The first-order chi connectivity index (χ1) is 14.1. The van der Waals surface area contributed by atoms with E-state index in [1.54, 1.807) is 41.3 Å². The molecule has 0 unspecified atom stereocenters. The number of halogens is 1. The van der Waals surface area contributed by atoms with Crippen molar-refractivity contribution >= 4 is 29.5 Å². The van der Waals surface area contributed by atoms with Gasteiger partial charge in [-0.2, -0.15) is 0 Å². The summed E-state index contributed by atoms with van der Waals surface area (Å²) < 4.78 is 18.7. The maximum absolute atomic E-state index is 13.4. The first kappa shape index (κ1) is 20.4. The number of hydroxylamine groups is 1. The van der Waals surface area contributed by atoms with E-state index in [-0.39, 0.29) is 11.7 Å². The number of hydrogen-bond donors (Lipinski definition) is 2. The highest BCUT2D eigenvalue weighted by molar-refractivity contribution is 6.24. The van der Waals surface area contributed by atoms with Gasteiger partial charge in [0.25, 0.3) is 11.8 Å². The Morgan fingerprint density at radius 2 is 1.62 bits per heavy atom. The topological polar surface area (TPSA) is 78.9 Å². The van der Waals surface area contributed by atoms with Crippen molar-refractivity contribution in [2.24, 2.45) is 0 Å². The fourth-order valence-corrected chi connectivity index (χ4v) is 2.91. The Balaban J connectivity index is 1.89. The van der Waals surface area contributed by atoms with Crippen LogP contribution in [0.3, 0.4) is 0 Å². The molecule has 7 heteroatoms. The Hall–Kier alpha value is -3.29. The maximum atomic E-state index is 13.4. The van der Waals surface area contributed by atoms with Crippen molar-refractivity contribution in [2.45, 2.75) is 0 Å². The molecule has 0 spiro atoms. The Morgan fingerprint density at radius 1 is 1.00 bits per heavy atom. The van der Waals surface area contributed by atoms with Gasteiger partial charge in [0.05, 0.1) is 13.2 Å². The first-order valence-corrected chi connectivity index (χ1v) is 9.14. The molecule has 0 bridgehead atoms. The van der Waals surface area contributed by atoms with E-state index < -0.39 is 5.91 Å². The Bertz CT molecular complexity index is 915. The van der Waals surface area contributed by atoms with E-state index in [2.05, 4.69) is 0 Å². The van der Waals surface area contributed by atoms with Crippen molar-refractivity contribution in [2.75, 3.05) is 26.3 Å². The second kappa shape index (κ2) is 9.77. The largest absolute Gasteiger partial charge is 0.378 e. The van der Waals surface area contributed by atoms with Gasteiger partial charge in [0.2, 0.25) is 0 Å². The van der Waals surface area contributed by atoms with Crippen LogP contribution in [0.5, 0.6) is 0 Å². The van der Waals surface area contributed by atoms with Crippen LogP contribution in [0, 0.1) is 5.82 Å². The molecule has 2 amide bonds. The third-order valence-corrected chi connectivity index (χ3v) is 4.47. The van der Waals surface area contributed by atoms with Crippen molar-refractivity contribution < 1.29 is 23.9 Å². The van der Waals surface area contributed by atoms with Crippen LogP contribution in [0.4, 0.5) is 4.39 Å². The SMILES string of the molecule is O=C(C=Cc1ccc(C=C(C(=O)N2CCOCC2)c2ccc(F)cc2)cc1)NO. The van der Waals surface area contributed by atoms with E-state index >= 15 is 0 Å². The molecule has 1 fully saturated rings. The second-order valence-electron chi connectivity index (χ2n) is 6.45. The number of benzene rings is 2. The molecule has 0 atom stereocenters. The molecule has 0 aliphatic carbocycles. The molecule has 1 aliphatic heterocycles. The van der Waals surface area contributed by atoms with Gasteiger partial charge in [-0.1, -0.05) is 36.4 Å². The molecule has 6 nitrogen and oxygen atoms in total. The zero-order valence-electron chi connectivity index (χ0n) is 15.7. The summed E-state index contributed by atoms with van der Waals surface area (Å²) in [5, 5.41) is 8.52. The number of carbonyl (C=O) groups is 2. The summed E-state index contributed by atoms with van der Waals surface area (Å²) in [7, 11) is 0. The minimum atomic E-state index is -0.622. The van der Waals surface area contributed by atoms with Gasteiger partial charge in [-0.15, -0.1) is 0 Å². The molecule has 1 aliphatic rings. The van der Waals surface area contributed by atoms with Gasteiger partial charge in [-0.05, 0) is 41.0 Å². The lowest BCUT2D eigenvalue weighted by Crippen LogP contribution is -2.41. The molecule has 0 aromatic heterocycles. The standard InChI is InChI=1S/C22H21FN2O4/c23-19-8-6-18(7-9-19)20(22(27)25-11-13-29-14-12-25)15-17-3-1-16(2-4-17)5-10-21(26)24-28/h1-10,15,28H,11-14H2,(H,24,26). The summed E-state index contributed by atoms with van der Waals surface area (Å²) in [6, 6.07) is 13.0. The molecule has 1 saturated heterocycles. The van der Waals surface area contributed by atoms with Crippen molar-refractivity contribution in [3.8, 4) is 0 Å². The summed E-state index contributed by atoms with van der Waals surface area (Å²) in [4.78, 5) is 25.9. The Labute approximate surface area is 167 Å². The van der Waals surface area contributed by atoms with E-state index in [0.717, 1.165) is 11.1 Å². The Morgan fingerprint density at radius 3 is 2.24 bits per heavy atom. The number of hydrogen-bond acceptors (Lipinski definition) is 4. The average Bonchev–Trinajstić information content (AvgIpc) is 2.77. The number of amides is 2. The van der Waals surface area contributed by atoms with Crippen LogP contribution in [0.2, 0.25) is 0 Å². The highest BCUT2D eigenvalue weighted by atomic mass is 19.1. The number of carbonyl (C=O) groups excluding carboxylic acids is 2. The molecule has 2 aromatic carbocycles. The molecule has 0 radical (unpaired) electrons. The van der Waals surface area contributed by atoms with Gasteiger partial charge in [-0.25, -0.2) is 9.87 Å². The van der Waals surface area contributed by atoms with Gasteiger partial charge in [0.15, 0.2) is 0 Å². The van der Waals surface area contributed by atoms with Crippen molar-refractivity contribution in [3.63, 3.8) is 0 Å². The smallest absolute Gasteiger partial charge is 0.267 e. The third-order valence-electron chi connectivity index (χ3n) is 4.47. The van der Waals surface area contributed by atoms with Crippen LogP contribution in [0.1, 0.15) is 16.7 Å². The number of morpholine rings is 1. The van der Waals surface area contributed by atoms with E-state index in [1.807, 2.05) is 12.1 Å². The zero-order valence-corrected chi connectivity index (χ0v) is 15.7. The third kappa shape index (κ3) is 5.60. The lowest BCUT2D eigenvalue weighted by molar-refractivity contribution is -0.129. The summed E-state index contributed by atoms with van der Waals surface area (Å²) in [6.45, 7) is 2.00. The van der Waals surface area contributed by atoms with E-state index in [0.29, 0.717) is 37.4 Å². The van der Waals surface area contributed by atoms with Crippen LogP contribution in [0.15, 0.2) is 54.6 Å². The zero-order chi connectivity index (χ0) is 20.6. The van der Waals surface area contributed by atoms with Gasteiger partial charge >= 0.3 is 0 Å². The minimum Gasteiger partial charge on any atom is -0.378 e. The number of rotatable bonds is 5. The molecular weight excluding hydrogens is 375 g/mol. The molecule has 3 rings (SSSR count). The summed E-state index contributed by atoms with van der Waals surface area (Å²) in [5.74, 6) is -1.12. The molecule has 150 valence electrons. The van der Waals surface area contributed by atoms with Crippen LogP contribution >= 0.6 is 0 Å². The Kier molecular flexibility index (Phi) is 6.89. The monoisotopic (exact) mass is 396 g/mol. The van der Waals surface area contributed by atoms with E-state index in [1.165, 1.54) is 23.7 Å². The average molecular weight is 396 g/mol. The number of nitrogens with one attached hydrogen (secondary N) is 1. The highest BCUT2D eigenvalue weighted by Crippen LogP contribution is 2.22. The molecule has 29 heavy (non-hydrogen) atoms. The summed E-state index contributed by atoms with van der Waals surface area (Å²) >= 11 is 0. The fourth-order valence-electron chi connectivity index (χ4n) is 2.91. The summed E-state index contributed by atoms with van der Waals surface area (Å²) in [5.41, 5.74) is 4.17. The van der Waals surface area contributed by atoms with E-state index in [9.17, 15) is 14.0 Å². The summed E-state index contributed by atoms with van der Waals surface area (Å²) in [6.07, 6.45) is 4.52. The highest BCUT2D eigenvalue weighted by Gasteiger charge is 2.21. The van der Waals surface area contributed by atoms with Gasteiger partial charge < -0.3 is 9.64 Å². The van der Waals surface area contributed by atoms with Crippen LogP contribution < -0.4 is 5.48 Å². The van der Waals surface area contributed by atoms with Crippen LogP contribution in [-0.4, -0.2) is 48.2 Å². The lowest BCUT2D eigenvalue weighted by atomic mass is 10.0. The molecule has 1 heterocycles. The fraction of sp³-hybridized carbons (Fsp3) is 0.182. The predicted molar refractivity (Wildman–Crippen MR) is 107 cm³/mol. The van der Waals surface area contributed by atoms with Crippen LogP contribution in [-0.2, 0) is 14.3 Å². The van der Waals surface area contributed by atoms with Crippen molar-refractivity contribution in [3.05, 3.63) is 77.1 Å². The van der Waals surface area contributed by atoms with Gasteiger partial charge in [-0.3, -0.25) is 14.8 Å². The quantitative estimate of drug-likeness (QED) is 0.353. The lowest BCUT2D eigenvalue weighted by Gasteiger charge is -2.28. The molecule has 2 aromatic rings. The normalized spacial score (nSPS) is 14.8. The second-order valence-corrected chi connectivity index (χ2v) is 6.45. The van der Waals surface area contributed by atoms with Crippen LogP contribution in [0.25, 0.3) is 17.7 Å². The number of ether oxygens (including phenoxy) is 1. The number of nitrogens with zero attached hydrogens (tertiary/aromatic N) is 1. The van der Waals surface area contributed by atoms with Gasteiger partial charge in [0, 0.05) is 24.7 Å². The molecule has 2 N–H and O–H groups in total. The van der Waals surface area contributed by atoms with Crippen molar-refractivity contribution in [1.82, 2.24) is 10.4 Å². The first-order valence-electron chi connectivity index (χ1n) is 9.14. The van der Waals surface area contributed by atoms with E-state index in [4.69, 9.17) is 9.94 Å². The molecule has 0 saturated carbocycles. The predicted octanol–water partition coefficient (Wildman–Crippen LogP) is 2.74. The van der Waals surface area contributed by atoms with Gasteiger partial charge in [0.1, 0.15) is 5.82 Å². The maximum Gasteiger partial charge on any atom is 0.267 e.